The molecule has 1 saturated carbocycles. The second-order valence-electron chi connectivity index (χ2n) is 7.28. The zero-order chi connectivity index (χ0) is 20.1. The molecule has 2 aromatic heterocycles. The van der Waals surface area contributed by atoms with Crippen molar-refractivity contribution in [3.8, 4) is 11.3 Å². The molecule has 0 unspecified atom stereocenters. The van der Waals surface area contributed by atoms with Crippen LogP contribution in [0, 0.1) is 5.82 Å². The van der Waals surface area contributed by atoms with Crippen molar-refractivity contribution in [2.45, 2.75) is 44.7 Å². The Morgan fingerprint density at radius 2 is 1.93 bits per heavy atom. The lowest BCUT2D eigenvalue weighted by Gasteiger charge is -2.22. The molecule has 29 heavy (non-hydrogen) atoms. The van der Waals surface area contributed by atoms with Crippen LogP contribution in [0.1, 0.15) is 37.7 Å². The zero-order valence-corrected chi connectivity index (χ0v) is 16.8. The number of aromatic nitrogens is 3. The summed E-state index contributed by atoms with van der Waals surface area (Å²) in [6.07, 6.45) is 9.40. The van der Waals surface area contributed by atoms with E-state index >= 15 is 0 Å². The monoisotopic (exact) mass is 411 g/mol. The van der Waals surface area contributed by atoms with E-state index in [0.29, 0.717) is 35.1 Å². The quantitative estimate of drug-likeness (QED) is 0.545. The van der Waals surface area contributed by atoms with Crippen molar-refractivity contribution in [1.29, 1.82) is 0 Å². The minimum Gasteiger partial charge on any atom is -0.366 e. The molecule has 1 aliphatic carbocycles. The first-order chi connectivity index (χ1) is 14.2. The van der Waals surface area contributed by atoms with E-state index in [2.05, 4.69) is 25.6 Å². The summed E-state index contributed by atoms with van der Waals surface area (Å²) in [5, 5.41) is 7.14. The average Bonchev–Trinajstić information content (AvgIpc) is 2.75. The summed E-state index contributed by atoms with van der Waals surface area (Å²) >= 11 is 6.38. The molecule has 0 amide bonds. The Morgan fingerprint density at radius 3 is 2.76 bits per heavy atom. The second kappa shape index (κ2) is 9.18. The number of rotatable bonds is 6. The molecule has 0 aliphatic heterocycles. The van der Waals surface area contributed by atoms with E-state index in [9.17, 15) is 4.39 Å². The largest absolute Gasteiger partial charge is 0.366 e. The number of pyridine rings is 1. The number of benzene rings is 1. The van der Waals surface area contributed by atoms with Gasteiger partial charge in [-0.3, -0.25) is 0 Å². The van der Waals surface area contributed by atoms with Crippen molar-refractivity contribution in [2.75, 3.05) is 10.6 Å². The van der Waals surface area contributed by atoms with Crippen molar-refractivity contribution in [3.05, 3.63) is 65.2 Å². The molecule has 0 atom stereocenters. The first-order valence-electron chi connectivity index (χ1n) is 9.91. The number of anilines is 2. The maximum Gasteiger partial charge on any atom is 0.223 e. The van der Waals surface area contributed by atoms with Crippen molar-refractivity contribution in [2.24, 2.45) is 0 Å². The predicted molar refractivity (Wildman–Crippen MR) is 114 cm³/mol. The Kier molecular flexibility index (Phi) is 6.20. The van der Waals surface area contributed by atoms with E-state index < -0.39 is 0 Å². The molecular formula is C22H23ClFN5. The lowest BCUT2D eigenvalue weighted by molar-refractivity contribution is 0.461. The molecule has 7 heteroatoms. The summed E-state index contributed by atoms with van der Waals surface area (Å²) < 4.78 is 13.4. The van der Waals surface area contributed by atoms with Gasteiger partial charge in [-0.25, -0.2) is 19.3 Å². The molecule has 1 aromatic carbocycles. The highest BCUT2D eigenvalue weighted by Crippen LogP contribution is 2.28. The molecule has 0 spiro atoms. The Labute approximate surface area is 174 Å². The van der Waals surface area contributed by atoms with E-state index in [0.717, 1.165) is 24.0 Å². The van der Waals surface area contributed by atoms with Gasteiger partial charge in [0.1, 0.15) is 11.6 Å². The second-order valence-corrected chi connectivity index (χ2v) is 7.69. The smallest absolute Gasteiger partial charge is 0.223 e. The van der Waals surface area contributed by atoms with Crippen LogP contribution in [0.15, 0.2) is 48.8 Å². The van der Waals surface area contributed by atoms with Crippen LogP contribution < -0.4 is 10.6 Å². The number of hydrogen-bond donors (Lipinski definition) is 2. The highest BCUT2D eigenvalue weighted by molar-refractivity contribution is 6.32. The third kappa shape index (κ3) is 5.21. The van der Waals surface area contributed by atoms with E-state index in [-0.39, 0.29) is 5.82 Å². The van der Waals surface area contributed by atoms with Crippen LogP contribution >= 0.6 is 11.6 Å². The molecule has 0 bridgehead atoms. The van der Waals surface area contributed by atoms with E-state index in [1.807, 2.05) is 18.2 Å². The molecule has 2 heterocycles. The lowest BCUT2D eigenvalue weighted by atomic mass is 9.96. The molecule has 1 fully saturated rings. The van der Waals surface area contributed by atoms with E-state index in [1.54, 1.807) is 18.5 Å². The maximum atomic E-state index is 13.4. The van der Waals surface area contributed by atoms with Crippen molar-refractivity contribution in [3.63, 3.8) is 0 Å². The molecule has 4 rings (SSSR count). The summed E-state index contributed by atoms with van der Waals surface area (Å²) in [6.45, 7) is 0.472. The van der Waals surface area contributed by atoms with Gasteiger partial charge >= 0.3 is 0 Å². The van der Waals surface area contributed by atoms with Crippen LogP contribution in [0.3, 0.4) is 0 Å². The van der Waals surface area contributed by atoms with Crippen LogP contribution in [0.2, 0.25) is 5.02 Å². The molecule has 3 aromatic rings. The molecule has 0 radical (unpaired) electrons. The zero-order valence-electron chi connectivity index (χ0n) is 16.0. The Morgan fingerprint density at radius 1 is 1.07 bits per heavy atom. The third-order valence-electron chi connectivity index (χ3n) is 5.08. The normalized spacial score (nSPS) is 14.6. The average molecular weight is 412 g/mol. The topological polar surface area (TPSA) is 62.7 Å². The van der Waals surface area contributed by atoms with E-state index in [1.165, 1.54) is 31.4 Å². The fraction of sp³-hybridized carbons (Fsp3) is 0.318. The van der Waals surface area contributed by atoms with Crippen LogP contribution in [0.5, 0.6) is 0 Å². The number of halogens is 2. The van der Waals surface area contributed by atoms with Crippen molar-refractivity contribution >= 4 is 23.4 Å². The third-order valence-corrected chi connectivity index (χ3v) is 5.36. The van der Waals surface area contributed by atoms with Crippen LogP contribution in [0.25, 0.3) is 11.3 Å². The molecule has 1 aliphatic rings. The molecular weight excluding hydrogens is 389 g/mol. The van der Waals surface area contributed by atoms with Gasteiger partial charge in [0.2, 0.25) is 5.95 Å². The minimum atomic E-state index is -0.253. The predicted octanol–water partition coefficient (Wildman–Crippen LogP) is 5.69. The fourth-order valence-electron chi connectivity index (χ4n) is 3.58. The Hall–Kier alpha value is -2.73. The summed E-state index contributed by atoms with van der Waals surface area (Å²) in [5.41, 5.74) is 2.35. The fourth-order valence-corrected chi connectivity index (χ4v) is 3.78. The van der Waals surface area contributed by atoms with Crippen LogP contribution in [0.4, 0.5) is 16.2 Å². The van der Waals surface area contributed by atoms with Gasteiger partial charge in [0.15, 0.2) is 0 Å². The van der Waals surface area contributed by atoms with Gasteiger partial charge in [-0.1, -0.05) is 43.0 Å². The van der Waals surface area contributed by atoms with Gasteiger partial charge in [0.25, 0.3) is 0 Å². The van der Waals surface area contributed by atoms with Crippen molar-refractivity contribution < 1.29 is 4.39 Å². The summed E-state index contributed by atoms with van der Waals surface area (Å²) in [6, 6.07) is 10.7. The lowest BCUT2D eigenvalue weighted by Crippen LogP contribution is -2.23. The van der Waals surface area contributed by atoms with Gasteiger partial charge in [-0.15, -0.1) is 0 Å². The van der Waals surface area contributed by atoms with Crippen LogP contribution in [-0.4, -0.2) is 21.0 Å². The van der Waals surface area contributed by atoms with Crippen molar-refractivity contribution in [1.82, 2.24) is 15.0 Å². The molecule has 0 saturated heterocycles. The molecule has 2 N–H and O–H groups in total. The van der Waals surface area contributed by atoms with Gasteiger partial charge in [0, 0.05) is 24.3 Å². The van der Waals surface area contributed by atoms with Crippen LogP contribution in [-0.2, 0) is 6.54 Å². The van der Waals surface area contributed by atoms with Gasteiger partial charge in [-0.2, -0.15) is 0 Å². The molecule has 5 nitrogen and oxygen atoms in total. The standard InChI is InChI=1S/C22H23ClFN5/c23-19-14-27-22(28-18-7-2-1-3-8-18)29-21(19)16-9-10-25-20(12-16)26-13-15-5-4-6-17(24)11-15/h4-6,9-12,14,18H,1-3,7-8,13H2,(H,25,26)(H,27,28,29). The van der Waals surface area contributed by atoms with Gasteiger partial charge in [0.05, 0.1) is 16.9 Å². The number of nitrogens with zero attached hydrogens (tertiary/aromatic N) is 3. The van der Waals surface area contributed by atoms with Gasteiger partial charge < -0.3 is 10.6 Å². The van der Waals surface area contributed by atoms with E-state index in [4.69, 9.17) is 11.6 Å². The summed E-state index contributed by atoms with van der Waals surface area (Å²) in [7, 11) is 0. The highest BCUT2D eigenvalue weighted by Gasteiger charge is 2.16. The number of hydrogen-bond acceptors (Lipinski definition) is 5. The minimum absolute atomic E-state index is 0.253. The molecule has 150 valence electrons. The maximum absolute atomic E-state index is 13.4. The SMILES string of the molecule is Fc1cccc(CNc2cc(-c3nc(NC4CCCCC4)ncc3Cl)ccn2)c1. The Balaban J connectivity index is 1.50. The first-order valence-corrected chi connectivity index (χ1v) is 10.3. The summed E-state index contributed by atoms with van der Waals surface area (Å²) in [4.78, 5) is 13.3. The van der Waals surface area contributed by atoms with Gasteiger partial charge in [-0.05, 0) is 42.7 Å². The highest BCUT2D eigenvalue weighted by atomic mass is 35.5. The summed E-state index contributed by atoms with van der Waals surface area (Å²) in [5.74, 6) is 1.02. The Bertz CT molecular complexity index is 975. The first kappa shape index (κ1) is 19.6. The number of nitrogens with one attached hydrogen (secondary N) is 2.